The summed E-state index contributed by atoms with van der Waals surface area (Å²) < 4.78 is 0. The summed E-state index contributed by atoms with van der Waals surface area (Å²) in [5.41, 5.74) is 2.65. The molecular formula is C25H22N2O2. The Morgan fingerprint density at radius 3 is 2.00 bits per heavy atom. The minimum absolute atomic E-state index is 0.182. The first-order valence-electron chi connectivity index (χ1n) is 9.34. The van der Waals surface area contributed by atoms with Gasteiger partial charge in [0.2, 0.25) is 0 Å². The van der Waals surface area contributed by atoms with Crippen LogP contribution < -0.4 is 10.6 Å². The third-order valence-electron chi connectivity index (χ3n) is 4.18. The van der Waals surface area contributed by atoms with Crippen LogP contribution in [0.4, 0.5) is 0 Å². The van der Waals surface area contributed by atoms with E-state index >= 15 is 0 Å². The molecule has 0 saturated heterocycles. The molecule has 0 atom stereocenters. The summed E-state index contributed by atoms with van der Waals surface area (Å²) >= 11 is 0. The molecule has 2 amide bonds. The van der Waals surface area contributed by atoms with Gasteiger partial charge in [-0.05, 0) is 29.3 Å². The Balaban J connectivity index is 1.74. The normalized spacial score (nSPS) is 11.2. The predicted octanol–water partition coefficient (Wildman–Crippen LogP) is 4.33. The maximum atomic E-state index is 12.7. The van der Waals surface area contributed by atoms with Crippen molar-refractivity contribution in [3.8, 4) is 0 Å². The van der Waals surface area contributed by atoms with E-state index in [4.69, 9.17) is 0 Å². The van der Waals surface area contributed by atoms with Gasteiger partial charge in [0.25, 0.3) is 11.8 Å². The van der Waals surface area contributed by atoms with Crippen molar-refractivity contribution in [2.24, 2.45) is 0 Å². The zero-order chi connectivity index (χ0) is 20.3. The highest BCUT2D eigenvalue weighted by Crippen LogP contribution is 2.05. The largest absolute Gasteiger partial charge is 0.347 e. The van der Waals surface area contributed by atoms with Crippen LogP contribution >= 0.6 is 0 Å². The van der Waals surface area contributed by atoms with E-state index in [1.807, 2.05) is 72.8 Å². The van der Waals surface area contributed by atoms with E-state index in [9.17, 15) is 9.59 Å². The summed E-state index contributed by atoms with van der Waals surface area (Å²) in [5.74, 6) is -0.685. The van der Waals surface area contributed by atoms with E-state index in [-0.39, 0.29) is 17.5 Å². The summed E-state index contributed by atoms with van der Waals surface area (Å²) in [6.45, 7) is 0.376. The van der Waals surface area contributed by atoms with Crippen LogP contribution in [0.5, 0.6) is 0 Å². The van der Waals surface area contributed by atoms with Crippen LogP contribution in [0.15, 0.2) is 109 Å². The van der Waals surface area contributed by atoms with E-state index in [0.717, 1.165) is 11.1 Å². The molecule has 4 heteroatoms. The number of carbonyl (C=O) groups is 2. The Hall–Kier alpha value is -3.92. The van der Waals surface area contributed by atoms with Gasteiger partial charge in [-0.15, -0.1) is 0 Å². The maximum Gasteiger partial charge on any atom is 0.268 e. The predicted molar refractivity (Wildman–Crippen MR) is 116 cm³/mol. The van der Waals surface area contributed by atoms with Crippen molar-refractivity contribution < 1.29 is 9.59 Å². The molecule has 0 saturated carbocycles. The number of amides is 2. The third kappa shape index (κ3) is 6.33. The first kappa shape index (κ1) is 19.8. The van der Waals surface area contributed by atoms with E-state index < -0.39 is 0 Å². The average molecular weight is 382 g/mol. The van der Waals surface area contributed by atoms with Gasteiger partial charge in [0.15, 0.2) is 0 Å². The molecule has 144 valence electrons. The molecule has 0 aliphatic heterocycles. The van der Waals surface area contributed by atoms with Gasteiger partial charge >= 0.3 is 0 Å². The molecule has 0 aliphatic carbocycles. The average Bonchev–Trinajstić information content (AvgIpc) is 2.78. The smallest absolute Gasteiger partial charge is 0.268 e. The molecule has 0 fully saturated rings. The fraction of sp³-hybridized carbons (Fsp3) is 0.0400. The number of hydrogen-bond donors (Lipinski definition) is 2. The number of benzene rings is 3. The zero-order valence-corrected chi connectivity index (χ0v) is 15.9. The first-order valence-corrected chi connectivity index (χ1v) is 9.34. The van der Waals surface area contributed by atoms with Crippen molar-refractivity contribution in [1.82, 2.24) is 10.6 Å². The molecule has 0 unspecified atom stereocenters. The molecule has 0 aromatic heterocycles. The lowest BCUT2D eigenvalue weighted by Gasteiger charge is -2.10. The monoisotopic (exact) mass is 382 g/mol. The second kappa shape index (κ2) is 10.4. The summed E-state index contributed by atoms with van der Waals surface area (Å²) in [7, 11) is 0. The topological polar surface area (TPSA) is 58.2 Å². The van der Waals surface area contributed by atoms with Gasteiger partial charge in [0.1, 0.15) is 5.70 Å². The van der Waals surface area contributed by atoms with Gasteiger partial charge in [0, 0.05) is 12.1 Å². The van der Waals surface area contributed by atoms with Gasteiger partial charge in [-0.2, -0.15) is 0 Å². The molecule has 2 N–H and O–H groups in total. The summed E-state index contributed by atoms with van der Waals surface area (Å²) in [4.78, 5) is 25.2. The minimum atomic E-state index is -0.351. The highest BCUT2D eigenvalue weighted by Gasteiger charge is 2.13. The van der Waals surface area contributed by atoms with Gasteiger partial charge < -0.3 is 10.6 Å². The number of allylic oxidation sites excluding steroid dienone is 2. The lowest BCUT2D eigenvalue weighted by Crippen LogP contribution is -2.34. The first-order chi connectivity index (χ1) is 14.2. The van der Waals surface area contributed by atoms with Gasteiger partial charge in [-0.3, -0.25) is 9.59 Å². The summed E-state index contributed by atoms with van der Waals surface area (Å²) in [6, 6.07) is 28.2. The standard InChI is InChI=1S/C25H22N2O2/c28-24(22-16-8-3-9-17-22)27-23(18-10-15-20-11-4-1-5-12-20)25(29)26-19-21-13-6-2-7-14-21/h1-18H,19H2,(H,26,29)(H,27,28)/b15-10-,23-18+. The fourth-order valence-electron chi connectivity index (χ4n) is 2.65. The fourth-order valence-corrected chi connectivity index (χ4v) is 2.65. The SMILES string of the molecule is O=C(NCc1ccccc1)/C(=C\C=C/c1ccccc1)NC(=O)c1ccccc1. The molecule has 3 aromatic rings. The van der Waals surface area contributed by atoms with Crippen LogP contribution in [0.3, 0.4) is 0 Å². The summed E-state index contributed by atoms with van der Waals surface area (Å²) in [5, 5.41) is 5.56. The van der Waals surface area contributed by atoms with Crippen LogP contribution in [0, 0.1) is 0 Å². The molecule has 0 aliphatic rings. The lowest BCUT2D eigenvalue weighted by atomic mass is 10.2. The van der Waals surface area contributed by atoms with Crippen LogP contribution in [0.25, 0.3) is 6.08 Å². The van der Waals surface area contributed by atoms with E-state index in [0.29, 0.717) is 12.1 Å². The summed E-state index contributed by atoms with van der Waals surface area (Å²) in [6.07, 6.45) is 5.23. The molecule has 0 spiro atoms. The Morgan fingerprint density at radius 2 is 1.34 bits per heavy atom. The molecular weight excluding hydrogens is 360 g/mol. The number of carbonyl (C=O) groups excluding carboxylic acids is 2. The second-order valence-electron chi connectivity index (χ2n) is 6.34. The molecule has 29 heavy (non-hydrogen) atoms. The highest BCUT2D eigenvalue weighted by atomic mass is 16.2. The van der Waals surface area contributed by atoms with Gasteiger partial charge in [-0.25, -0.2) is 0 Å². The lowest BCUT2D eigenvalue weighted by molar-refractivity contribution is -0.118. The maximum absolute atomic E-state index is 12.7. The second-order valence-corrected chi connectivity index (χ2v) is 6.34. The van der Waals surface area contributed by atoms with Crippen LogP contribution in [-0.2, 0) is 11.3 Å². The molecule has 0 heterocycles. The minimum Gasteiger partial charge on any atom is -0.347 e. The van der Waals surface area contributed by atoms with Crippen LogP contribution in [0.2, 0.25) is 0 Å². The number of nitrogens with one attached hydrogen (secondary N) is 2. The van der Waals surface area contributed by atoms with Crippen molar-refractivity contribution in [1.29, 1.82) is 0 Å². The Labute approximate surface area is 170 Å². The van der Waals surface area contributed by atoms with Gasteiger partial charge in [-0.1, -0.05) is 91.0 Å². The van der Waals surface area contributed by atoms with Gasteiger partial charge in [0.05, 0.1) is 0 Å². The molecule has 3 rings (SSSR count). The van der Waals surface area contributed by atoms with Crippen molar-refractivity contribution in [3.05, 3.63) is 126 Å². The Morgan fingerprint density at radius 1 is 0.759 bits per heavy atom. The van der Waals surface area contributed by atoms with E-state index in [1.54, 1.807) is 36.4 Å². The molecule has 0 radical (unpaired) electrons. The highest BCUT2D eigenvalue weighted by molar-refractivity contribution is 6.03. The van der Waals surface area contributed by atoms with E-state index in [2.05, 4.69) is 10.6 Å². The van der Waals surface area contributed by atoms with Crippen molar-refractivity contribution in [2.75, 3.05) is 0 Å². The number of hydrogen-bond acceptors (Lipinski definition) is 2. The Bertz CT molecular complexity index is 995. The third-order valence-corrected chi connectivity index (χ3v) is 4.18. The Kier molecular flexibility index (Phi) is 7.13. The quantitative estimate of drug-likeness (QED) is 0.472. The van der Waals surface area contributed by atoms with Crippen molar-refractivity contribution >= 4 is 17.9 Å². The van der Waals surface area contributed by atoms with E-state index in [1.165, 1.54) is 0 Å². The van der Waals surface area contributed by atoms with Crippen molar-refractivity contribution in [2.45, 2.75) is 6.54 Å². The zero-order valence-electron chi connectivity index (χ0n) is 15.9. The van der Waals surface area contributed by atoms with Crippen LogP contribution in [0.1, 0.15) is 21.5 Å². The van der Waals surface area contributed by atoms with Crippen molar-refractivity contribution in [3.63, 3.8) is 0 Å². The van der Waals surface area contributed by atoms with Crippen LogP contribution in [-0.4, -0.2) is 11.8 Å². The number of rotatable bonds is 7. The molecule has 3 aromatic carbocycles. The molecule has 0 bridgehead atoms. The molecule has 4 nitrogen and oxygen atoms in total.